The molecule has 0 amide bonds. The quantitative estimate of drug-likeness (QED) is 0.239. The molecule has 2 aliphatic rings. The van der Waals surface area contributed by atoms with E-state index in [-0.39, 0.29) is 37.1 Å². The summed E-state index contributed by atoms with van der Waals surface area (Å²) in [6.45, 7) is 5.20. The minimum absolute atomic E-state index is 0.0524. The van der Waals surface area contributed by atoms with E-state index in [0.29, 0.717) is 32.3 Å². The first kappa shape index (κ1) is 28.9. The lowest BCUT2D eigenvalue weighted by Crippen LogP contribution is -2.47. The molecule has 8 heteroatoms. The third kappa shape index (κ3) is 7.11. The van der Waals surface area contributed by atoms with Crippen molar-refractivity contribution in [1.29, 1.82) is 0 Å². The Kier molecular flexibility index (Phi) is 9.18. The first-order chi connectivity index (χ1) is 18.5. The van der Waals surface area contributed by atoms with Crippen molar-refractivity contribution in [1.82, 2.24) is 4.90 Å². The lowest BCUT2D eigenvalue weighted by molar-refractivity contribution is -0.142. The van der Waals surface area contributed by atoms with Crippen molar-refractivity contribution >= 4 is 11.5 Å². The summed E-state index contributed by atoms with van der Waals surface area (Å²) < 4.78 is 56.9. The van der Waals surface area contributed by atoms with E-state index < -0.39 is 29.3 Å². The highest BCUT2D eigenvalue weighted by Gasteiger charge is 2.42. The van der Waals surface area contributed by atoms with Crippen LogP contribution >= 0.6 is 0 Å². The molecule has 5 nitrogen and oxygen atoms in total. The molecule has 39 heavy (non-hydrogen) atoms. The van der Waals surface area contributed by atoms with Gasteiger partial charge in [-0.25, -0.2) is 18.0 Å². The van der Waals surface area contributed by atoms with Crippen LogP contribution < -0.4 is 4.74 Å². The van der Waals surface area contributed by atoms with Gasteiger partial charge in [-0.15, -0.1) is 0 Å². The average molecular weight is 544 g/mol. The molecule has 2 aromatic carbocycles. The summed E-state index contributed by atoms with van der Waals surface area (Å²) in [4.78, 5) is 12.3. The van der Waals surface area contributed by atoms with Gasteiger partial charge in [-0.3, -0.25) is 4.90 Å². The fourth-order valence-electron chi connectivity index (χ4n) is 5.54. The number of ether oxygens (including phenoxy) is 2. The number of halogens is 3. The van der Waals surface area contributed by atoms with Gasteiger partial charge >= 0.3 is 5.97 Å². The fourth-order valence-corrected chi connectivity index (χ4v) is 5.54. The standard InChI is InChI=1S/C31H36F3NO4/c1-20-14-24-23-11-7-6-10-21(23)15-25(24)30(35(20)19-31(2,3)34)29-26(32)16-22(17-27(29)33)39-13-9-5-4-8-12-38-18-28(36)37/h4-7,10-11,16-17,20,30H,8-9,12-15,18-19H2,1-3H3,(H,36,37)/b5-4+/t20-,30+/m1/s1. The van der Waals surface area contributed by atoms with Crippen LogP contribution in [0.15, 0.2) is 54.1 Å². The zero-order valence-corrected chi connectivity index (χ0v) is 22.7. The molecule has 1 heterocycles. The van der Waals surface area contributed by atoms with Gasteiger partial charge in [-0.2, -0.15) is 0 Å². The predicted octanol–water partition coefficient (Wildman–Crippen LogP) is 6.67. The molecule has 0 spiro atoms. The Morgan fingerprint density at radius 1 is 1.13 bits per heavy atom. The van der Waals surface area contributed by atoms with Crippen molar-refractivity contribution in [3.8, 4) is 5.75 Å². The number of carbonyl (C=O) groups is 1. The minimum Gasteiger partial charge on any atom is -0.493 e. The van der Waals surface area contributed by atoms with Gasteiger partial charge in [0.15, 0.2) is 0 Å². The third-order valence-electron chi connectivity index (χ3n) is 7.10. The van der Waals surface area contributed by atoms with E-state index in [0.717, 1.165) is 22.3 Å². The number of carboxylic acid groups (broad SMARTS) is 1. The molecule has 0 bridgehead atoms. The number of carboxylic acids is 1. The van der Waals surface area contributed by atoms with E-state index in [1.54, 1.807) is 0 Å². The molecule has 0 saturated carbocycles. The molecule has 4 rings (SSSR count). The Labute approximate surface area is 227 Å². The van der Waals surface area contributed by atoms with Crippen LogP contribution in [0.5, 0.6) is 5.75 Å². The Bertz CT molecular complexity index is 1230. The molecule has 2 atom stereocenters. The molecular formula is C31H36F3NO4. The maximum atomic E-state index is 15.7. The van der Waals surface area contributed by atoms with Crippen molar-refractivity contribution in [2.45, 2.75) is 64.2 Å². The lowest BCUT2D eigenvalue weighted by Gasteiger charge is -2.44. The second kappa shape index (κ2) is 12.4. The largest absolute Gasteiger partial charge is 0.493 e. The van der Waals surface area contributed by atoms with Crippen LogP contribution in [-0.4, -0.2) is 54.1 Å². The Morgan fingerprint density at radius 2 is 1.79 bits per heavy atom. The molecule has 0 fully saturated rings. The number of nitrogens with zero attached hydrogens (tertiary/aromatic N) is 1. The maximum Gasteiger partial charge on any atom is 0.329 e. The average Bonchev–Trinajstić information content (AvgIpc) is 3.21. The molecule has 210 valence electrons. The van der Waals surface area contributed by atoms with E-state index in [1.165, 1.54) is 26.0 Å². The van der Waals surface area contributed by atoms with Gasteiger partial charge in [0.2, 0.25) is 0 Å². The molecule has 2 aromatic rings. The summed E-state index contributed by atoms with van der Waals surface area (Å²) in [7, 11) is 0. The molecular weight excluding hydrogens is 507 g/mol. The zero-order valence-electron chi connectivity index (χ0n) is 22.7. The first-order valence-corrected chi connectivity index (χ1v) is 13.4. The Balaban J connectivity index is 1.51. The third-order valence-corrected chi connectivity index (χ3v) is 7.10. The van der Waals surface area contributed by atoms with E-state index in [2.05, 4.69) is 6.07 Å². The Hall–Kier alpha value is -3.10. The Morgan fingerprint density at radius 3 is 2.46 bits per heavy atom. The van der Waals surface area contributed by atoms with Crippen molar-refractivity contribution in [2.24, 2.45) is 0 Å². The van der Waals surface area contributed by atoms with Gasteiger partial charge in [0, 0.05) is 30.3 Å². The van der Waals surface area contributed by atoms with Crippen molar-refractivity contribution in [3.05, 3.63) is 82.4 Å². The highest BCUT2D eigenvalue weighted by molar-refractivity contribution is 5.79. The second-order valence-corrected chi connectivity index (χ2v) is 10.8. The van der Waals surface area contributed by atoms with Crippen LogP contribution in [0.3, 0.4) is 0 Å². The van der Waals surface area contributed by atoms with Crippen LogP contribution in [0, 0.1) is 11.6 Å². The van der Waals surface area contributed by atoms with Crippen LogP contribution in [0.1, 0.15) is 62.8 Å². The number of aliphatic carboxylic acids is 1. The number of fused-ring (bicyclic) bond motifs is 2. The van der Waals surface area contributed by atoms with E-state index in [1.807, 2.05) is 42.2 Å². The number of hydrogen-bond donors (Lipinski definition) is 1. The molecule has 0 radical (unpaired) electrons. The molecule has 1 N–H and O–H groups in total. The monoisotopic (exact) mass is 543 g/mol. The van der Waals surface area contributed by atoms with Crippen molar-refractivity contribution in [3.63, 3.8) is 0 Å². The van der Waals surface area contributed by atoms with Crippen LogP contribution in [0.25, 0.3) is 5.57 Å². The van der Waals surface area contributed by atoms with Gasteiger partial charge in [0.1, 0.15) is 29.7 Å². The molecule has 0 aromatic heterocycles. The summed E-state index contributed by atoms with van der Waals surface area (Å²) in [6.07, 6.45) is 6.03. The molecule has 1 aliphatic carbocycles. The predicted molar refractivity (Wildman–Crippen MR) is 144 cm³/mol. The van der Waals surface area contributed by atoms with Gasteiger partial charge in [0.05, 0.1) is 19.3 Å². The van der Waals surface area contributed by atoms with Gasteiger partial charge in [-0.1, -0.05) is 36.4 Å². The highest BCUT2D eigenvalue weighted by Crippen LogP contribution is 2.50. The smallest absolute Gasteiger partial charge is 0.329 e. The fraction of sp³-hybridized carbons (Fsp3) is 0.452. The number of alkyl halides is 1. The molecule has 0 unspecified atom stereocenters. The lowest BCUT2D eigenvalue weighted by atomic mass is 9.84. The number of benzene rings is 2. The summed E-state index contributed by atoms with van der Waals surface area (Å²) in [5, 5.41) is 8.54. The number of hydrogen-bond acceptors (Lipinski definition) is 4. The van der Waals surface area contributed by atoms with Gasteiger partial charge in [-0.05, 0) is 68.7 Å². The van der Waals surface area contributed by atoms with Crippen molar-refractivity contribution < 1.29 is 32.5 Å². The van der Waals surface area contributed by atoms with Gasteiger partial charge < -0.3 is 14.6 Å². The van der Waals surface area contributed by atoms with E-state index >= 15 is 8.78 Å². The van der Waals surface area contributed by atoms with Crippen LogP contribution in [0.4, 0.5) is 13.2 Å². The molecule has 0 saturated heterocycles. The number of rotatable bonds is 12. The summed E-state index contributed by atoms with van der Waals surface area (Å²) in [6, 6.07) is 9.63. The zero-order chi connectivity index (χ0) is 28.2. The minimum atomic E-state index is -1.54. The van der Waals surface area contributed by atoms with Crippen LogP contribution in [0.2, 0.25) is 0 Å². The van der Waals surface area contributed by atoms with E-state index in [9.17, 15) is 9.18 Å². The van der Waals surface area contributed by atoms with Crippen LogP contribution in [-0.2, 0) is 16.0 Å². The van der Waals surface area contributed by atoms with Crippen molar-refractivity contribution in [2.75, 3.05) is 26.4 Å². The van der Waals surface area contributed by atoms with Gasteiger partial charge in [0.25, 0.3) is 0 Å². The SMILES string of the molecule is C[C@@H]1CC2=C(Cc3ccccc32)[C@@H](c2c(F)cc(OCC/C=C/CCOCC(=O)O)cc2F)N1CC(C)(C)F. The maximum absolute atomic E-state index is 15.7. The first-order valence-electron chi connectivity index (χ1n) is 13.4. The summed E-state index contributed by atoms with van der Waals surface area (Å²) in [5.74, 6) is -2.34. The summed E-state index contributed by atoms with van der Waals surface area (Å²) >= 11 is 0. The van der Waals surface area contributed by atoms with E-state index in [4.69, 9.17) is 14.6 Å². The second-order valence-electron chi connectivity index (χ2n) is 10.8. The topological polar surface area (TPSA) is 59.0 Å². The molecule has 1 aliphatic heterocycles. The normalized spacial score (nSPS) is 19.4. The summed E-state index contributed by atoms with van der Waals surface area (Å²) in [5.41, 5.74) is 2.67. The highest BCUT2D eigenvalue weighted by atomic mass is 19.1.